The molecule has 0 fully saturated rings. The predicted octanol–water partition coefficient (Wildman–Crippen LogP) is 4.28. The molecule has 2 aromatic heterocycles. The van der Waals surface area contributed by atoms with Crippen LogP contribution in [0.1, 0.15) is 21.6 Å². The third kappa shape index (κ3) is 3.82. The SMILES string of the molecule is Cc1nc2ccn(Cc3ccccc3)c(=O)c2cc1C(=O)Nc1cc(F)ccc1F. The van der Waals surface area contributed by atoms with Crippen molar-refractivity contribution >= 4 is 22.5 Å². The maximum Gasteiger partial charge on any atom is 0.260 e. The summed E-state index contributed by atoms with van der Waals surface area (Å²) in [7, 11) is 0. The van der Waals surface area contributed by atoms with Gasteiger partial charge in [-0.25, -0.2) is 8.78 Å². The summed E-state index contributed by atoms with van der Waals surface area (Å²) in [6.45, 7) is 1.99. The van der Waals surface area contributed by atoms with Crippen LogP contribution in [0.25, 0.3) is 10.9 Å². The van der Waals surface area contributed by atoms with E-state index in [-0.39, 0.29) is 22.2 Å². The highest BCUT2D eigenvalue weighted by molar-refractivity contribution is 6.06. The Morgan fingerprint density at radius 2 is 1.83 bits per heavy atom. The van der Waals surface area contributed by atoms with Crippen molar-refractivity contribution < 1.29 is 13.6 Å². The lowest BCUT2D eigenvalue weighted by Crippen LogP contribution is -2.22. The molecule has 0 bridgehead atoms. The molecule has 150 valence electrons. The van der Waals surface area contributed by atoms with Crippen LogP contribution in [0.15, 0.2) is 71.7 Å². The number of rotatable bonds is 4. The van der Waals surface area contributed by atoms with Gasteiger partial charge in [0.25, 0.3) is 11.5 Å². The number of hydrogen-bond donors (Lipinski definition) is 1. The van der Waals surface area contributed by atoms with Crippen LogP contribution in [0.2, 0.25) is 0 Å². The van der Waals surface area contributed by atoms with Gasteiger partial charge >= 0.3 is 0 Å². The maximum absolute atomic E-state index is 13.9. The lowest BCUT2D eigenvalue weighted by molar-refractivity contribution is 0.102. The topological polar surface area (TPSA) is 64.0 Å². The van der Waals surface area contributed by atoms with E-state index in [1.807, 2.05) is 30.3 Å². The number of aryl methyl sites for hydroxylation is 1. The van der Waals surface area contributed by atoms with Crippen LogP contribution in [0, 0.1) is 18.6 Å². The number of nitrogens with zero attached hydrogens (tertiary/aromatic N) is 2. The highest BCUT2D eigenvalue weighted by atomic mass is 19.1. The minimum atomic E-state index is -0.763. The molecule has 0 aliphatic heterocycles. The van der Waals surface area contributed by atoms with E-state index in [0.29, 0.717) is 17.8 Å². The van der Waals surface area contributed by atoms with Gasteiger partial charge in [0.2, 0.25) is 0 Å². The first-order valence-electron chi connectivity index (χ1n) is 9.23. The number of benzene rings is 2. The molecule has 0 aliphatic carbocycles. The van der Waals surface area contributed by atoms with Gasteiger partial charge in [-0.3, -0.25) is 14.6 Å². The summed E-state index contributed by atoms with van der Waals surface area (Å²) < 4.78 is 28.8. The molecule has 0 unspecified atom stereocenters. The van der Waals surface area contributed by atoms with Gasteiger partial charge in [-0.2, -0.15) is 0 Å². The molecule has 1 amide bonds. The van der Waals surface area contributed by atoms with Gasteiger partial charge in [0, 0.05) is 12.3 Å². The highest BCUT2D eigenvalue weighted by Crippen LogP contribution is 2.19. The van der Waals surface area contributed by atoms with E-state index >= 15 is 0 Å². The van der Waals surface area contributed by atoms with Crippen LogP contribution in [-0.2, 0) is 6.54 Å². The van der Waals surface area contributed by atoms with Crippen molar-refractivity contribution in [3.8, 4) is 0 Å². The Hall–Kier alpha value is -3.87. The molecule has 2 heterocycles. The average Bonchev–Trinajstić information content (AvgIpc) is 2.73. The minimum absolute atomic E-state index is 0.112. The molecule has 0 aliphatic rings. The first-order valence-corrected chi connectivity index (χ1v) is 9.23. The summed E-state index contributed by atoms with van der Waals surface area (Å²) in [6.07, 6.45) is 1.66. The number of hydrogen-bond acceptors (Lipinski definition) is 3. The maximum atomic E-state index is 13.9. The van der Waals surface area contributed by atoms with Gasteiger partial charge < -0.3 is 9.88 Å². The van der Waals surface area contributed by atoms with Crippen LogP contribution in [0.3, 0.4) is 0 Å². The van der Waals surface area contributed by atoms with E-state index in [0.717, 1.165) is 23.8 Å². The second kappa shape index (κ2) is 7.87. The molecule has 0 saturated heterocycles. The molecule has 5 nitrogen and oxygen atoms in total. The fourth-order valence-electron chi connectivity index (χ4n) is 3.22. The first kappa shape index (κ1) is 19.4. The molecule has 2 aromatic carbocycles. The summed E-state index contributed by atoms with van der Waals surface area (Å²) in [4.78, 5) is 30.0. The van der Waals surface area contributed by atoms with Crippen LogP contribution < -0.4 is 10.9 Å². The van der Waals surface area contributed by atoms with Gasteiger partial charge in [0.05, 0.1) is 34.4 Å². The lowest BCUT2D eigenvalue weighted by Gasteiger charge is -2.11. The Balaban J connectivity index is 1.72. The summed E-state index contributed by atoms with van der Waals surface area (Å²) in [5, 5.41) is 2.61. The third-order valence-electron chi connectivity index (χ3n) is 4.76. The molecular weight excluding hydrogens is 388 g/mol. The molecule has 4 rings (SSSR count). The zero-order valence-corrected chi connectivity index (χ0v) is 16.0. The molecule has 7 heteroatoms. The molecule has 1 N–H and O–H groups in total. The van der Waals surface area contributed by atoms with E-state index in [1.165, 1.54) is 10.6 Å². The van der Waals surface area contributed by atoms with Gasteiger partial charge in [0.15, 0.2) is 0 Å². The van der Waals surface area contributed by atoms with Gasteiger partial charge in [-0.1, -0.05) is 30.3 Å². The number of carbonyl (C=O) groups excluding carboxylic acids is 1. The average molecular weight is 405 g/mol. The van der Waals surface area contributed by atoms with Crippen LogP contribution in [-0.4, -0.2) is 15.5 Å². The molecule has 30 heavy (non-hydrogen) atoms. The quantitative estimate of drug-likeness (QED) is 0.551. The Bertz CT molecular complexity index is 1320. The van der Waals surface area contributed by atoms with E-state index in [4.69, 9.17) is 0 Å². The monoisotopic (exact) mass is 405 g/mol. The zero-order chi connectivity index (χ0) is 21.3. The highest BCUT2D eigenvalue weighted by Gasteiger charge is 2.16. The van der Waals surface area contributed by atoms with E-state index in [2.05, 4.69) is 10.3 Å². The normalized spacial score (nSPS) is 10.9. The van der Waals surface area contributed by atoms with Gasteiger partial charge in [-0.15, -0.1) is 0 Å². The van der Waals surface area contributed by atoms with Crippen LogP contribution in [0.5, 0.6) is 0 Å². The first-order chi connectivity index (χ1) is 14.4. The second-order valence-electron chi connectivity index (χ2n) is 6.87. The van der Waals surface area contributed by atoms with E-state index < -0.39 is 17.5 Å². The molecule has 0 radical (unpaired) electrons. The summed E-state index contributed by atoms with van der Waals surface area (Å²) in [5.74, 6) is -2.12. The summed E-state index contributed by atoms with van der Waals surface area (Å²) >= 11 is 0. The smallest absolute Gasteiger partial charge is 0.260 e. The summed E-state index contributed by atoms with van der Waals surface area (Å²) in [6, 6.07) is 15.4. The van der Waals surface area contributed by atoms with E-state index in [1.54, 1.807) is 19.2 Å². The predicted molar refractivity (Wildman–Crippen MR) is 111 cm³/mol. The zero-order valence-electron chi connectivity index (χ0n) is 16.0. The Morgan fingerprint density at radius 1 is 1.07 bits per heavy atom. The number of halogens is 2. The Kier molecular flexibility index (Phi) is 5.10. The Morgan fingerprint density at radius 3 is 2.60 bits per heavy atom. The van der Waals surface area contributed by atoms with Crippen LogP contribution in [0.4, 0.5) is 14.5 Å². The fraction of sp³-hybridized carbons (Fsp3) is 0.0870. The van der Waals surface area contributed by atoms with Gasteiger partial charge in [0.1, 0.15) is 11.6 Å². The largest absolute Gasteiger partial charge is 0.319 e. The van der Waals surface area contributed by atoms with Crippen molar-refractivity contribution in [2.45, 2.75) is 13.5 Å². The van der Waals surface area contributed by atoms with Crippen molar-refractivity contribution in [3.05, 3.63) is 106 Å². The molecule has 4 aromatic rings. The lowest BCUT2D eigenvalue weighted by atomic mass is 10.1. The standard InChI is InChI=1S/C23H17F2N3O2/c1-14-17(22(29)27-21-11-16(24)7-8-19(21)25)12-18-20(26-14)9-10-28(23(18)30)13-15-5-3-2-4-6-15/h2-12H,13H2,1H3,(H,27,29). The molecule has 0 atom stereocenters. The van der Waals surface area contributed by atoms with E-state index in [9.17, 15) is 18.4 Å². The number of amides is 1. The summed E-state index contributed by atoms with van der Waals surface area (Å²) in [5.41, 5.74) is 1.32. The fourth-order valence-corrected chi connectivity index (χ4v) is 3.22. The number of pyridine rings is 2. The van der Waals surface area contributed by atoms with Crippen LogP contribution >= 0.6 is 0 Å². The van der Waals surface area contributed by atoms with Crippen molar-refractivity contribution in [2.24, 2.45) is 0 Å². The third-order valence-corrected chi connectivity index (χ3v) is 4.76. The number of aromatic nitrogens is 2. The Labute approximate surface area is 170 Å². The van der Waals surface area contributed by atoms with Crippen molar-refractivity contribution in [3.63, 3.8) is 0 Å². The van der Waals surface area contributed by atoms with Crippen molar-refractivity contribution in [1.29, 1.82) is 0 Å². The van der Waals surface area contributed by atoms with Crippen molar-refractivity contribution in [1.82, 2.24) is 9.55 Å². The number of nitrogens with one attached hydrogen (secondary N) is 1. The number of anilines is 1. The molecule has 0 saturated carbocycles. The number of carbonyl (C=O) groups is 1. The minimum Gasteiger partial charge on any atom is -0.319 e. The molecule has 0 spiro atoms. The van der Waals surface area contributed by atoms with Crippen molar-refractivity contribution in [2.75, 3.05) is 5.32 Å². The second-order valence-corrected chi connectivity index (χ2v) is 6.87. The number of fused-ring (bicyclic) bond motifs is 1. The van der Waals surface area contributed by atoms with Gasteiger partial charge in [-0.05, 0) is 36.8 Å². The molecular formula is C23H17F2N3O2.